The van der Waals surface area contributed by atoms with Crippen LogP contribution >= 0.6 is 12.2 Å². The third kappa shape index (κ3) is 4.32. The van der Waals surface area contributed by atoms with Gasteiger partial charge in [-0.1, -0.05) is 18.2 Å². The second-order valence-electron chi connectivity index (χ2n) is 8.06. The maximum atomic E-state index is 12.4. The predicted octanol–water partition coefficient (Wildman–Crippen LogP) is 2.86. The monoisotopic (exact) mass is 476 g/mol. The first-order valence-corrected chi connectivity index (χ1v) is 11.3. The van der Waals surface area contributed by atoms with Crippen molar-refractivity contribution >= 4 is 39.8 Å². The van der Waals surface area contributed by atoms with Gasteiger partial charge in [-0.15, -0.1) is 0 Å². The van der Waals surface area contributed by atoms with E-state index in [-0.39, 0.29) is 19.1 Å². The SMILES string of the molecule is Cc1nc2c3ccccc3nn2c(C)c1CCC(=O)NNC(=S)NCc1ccc2c(c1)OCO2. The van der Waals surface area contributed by atoms with Gasteiger partial charge in [0.15, 0.2) is 22.3 Å². The first-order chi connectivity index (χ1) is 16.5. The number of nitrogens with zero attached hydrogens (tertiary/aromatic N) is 3. The number of carbonyl (C=O) groups excluding carboxylic acids is 1. The van der Waals surface area contributed by atoms with Gasteiger partial charge >= 0.3 is 0 Å². The normalized spacial score (nSPS) is 12.2. The summed E-state index contributed by atoms with van der Waals surface area (Å²) in [6, 6.07) is 13.6. The van der Waals surface area contributed by atoms with E-state index in [1.165, 1.54) is 0 Å². The molecule has 3 N–H and O–H groups in total. The molecule has 0 spiro atoms. The summed E-state index contributed by atoms with van der Waals surface area (Å²) in [5.41, 5.74) is 11.0. The van der Waals surface area contributed by atoms with E-state index in [9.17, 15) is 4.79 Å². The zero-order chi connectivity index (χ0) is 23.7. The molecule has 0 saturated heterocycles. The fourth-order valence-corrected chi connectivity index (χ4v) is 4.17. The Bertz CT molecular complexity index is 1420. The van der Waals surface area contributed by atoms with Crippen molar-refractivity contribution in [2.24, 2.45) is 0 Å². The number of thiocarbonyl (C=S) groups is 1. The van der Waals surface area contributed by atoms with Crippen molar-refractivity contribution in [1.82, 2.24) is 30.8 Å². The molecule has 0 radical (unpaired) electrons. The Morgan fingerprint density at radius 1 is 1.12 bits per heavy atom. The minimum atomic E-state index is -0.170. The lowest BCUT2D eigenvalue weighted by molar-refractivity contribution is -0.121. The van der Waals surface area contributed by atoms with Gasteiger partial charge < -0.3 is 14.8 Å². The van der Waals surface area contributed by atoms with Crippen LogP contribution in [0.3, 0.4) is 0 Å². The number of carbonyl (C=O) groups is 1. The molecular formula is C24H24N6O3S. The number of fused-ring (bicyclic) bond motifs is 4. The Labute approximate surface area is 201 Å². The van der Waals surface area contributed by atoms with Gasteiger partial charge in [-0.25, -0.2) is 9.50 Å². The Hall–Kier alpha value is -3.92. The van der Waals surface area contributed by atoms with Gasteiger partial charge in [-0.3, -0.25) is 15.6 Å². The van der Waals surface area contributed by atoms with Crippen molar-refractivity contribution in [2.75, 3.05) is 6.79 Å². The van der Waals surface area contributed by atoms with Crippen LogP contribution in [0.2, 0.25) is 0 Å². The van der Waals surface area contributed by atoms with Crippen LogP contribution in [0.5, 0.6) is 11.5 Å². The summed E-state index contributed by atoms with van der Waals surface area (Å²) in [6.45, 7) is 4.70. The van der Waals surface area contributed by atoms with Crippen LogP contribution < -0.4 is 25.6 Å². The number of hydrazine groups is 1. The molecule has 5 rings (SSSR count). The second-order valence-corrected chi connectivity index (χ2v) is 8.47. The van der Waals surface area contributed by atoms with Crippen LogP contribution in [-0.2, 0) is 17.8 Å². The molecule has 1 amide bonds. The molecule has 2 aromatic heterocycles. The third-order valence-electron chi connectivity index (χ3n) is 5.83. The maximum absolute atomic E-state index is 12.4. The quantitative estimate of drug-likeness (QED) is 0.299. The first-order valence-electron chi connectivity index (χ1n) is 10.9. The molecule has 174 valence electrons. The number of ether oxygens (including phenoxy) is 2. The summed E-state index contributed by atoms with van der Waals surface area (Å²) in [5, 5.41) is 9.07. The van der Waals surface area contributed by atoms with Crippen LogP contribution in [-0.4, -0.2) is 32.4 Å². The Kier molecular flexibility index (Phi) is 5.89. The highest BCUT2D eigenvalue weighted by Gasteiger charge is 2.15. The number of aromatic nitrogens is 3. The molecule has 10 heteroatoms. The fourth-order valence-electron chi connectivity index (χ4n) is 4.04. The predicted molar refractivity (Wildman–Crippen MR) is 132 cm³/mol. The average molecular weight is 477 g/mol. The van der Waals surface area contributed by atoms with Gasteiger partial charge in [0.25, 0.3) is 0 Å². The van der Waals surface area contributed by atoms with Gasteiger partial charge in [-0.2, -0.15) is 5.10 Å². The van der Waals surface area contributed by atoms with E-state index in [0.29, 0.717) is 23.8 Å². The highest BCUT2D eigenvalue weighted by molar-refractivity contribution is 7.80. The van der Waals surface area contributed by atoms with E-state index in [1.54, 1.807) is 0 Å². The molecule has 0 atom stereocenters. The number of rotatable bonds is 5. The summed E-state index contributed by atoms with van der Waals surface area (Å²) in [7, 11) is 0. The largest absolute Gasteiger partial charge is 0.454 e. The number of hydrogen-bond donors (Lipinski definition) is 3. The Morgan fingerprint density at radius 2 is 1.94 bits per heavy atom. The molecule has 2 aromatic carbocycles. The van der Waals surface area contributed by atoms with Gasteiger partial charge in [0.05, 0.1) is 5.52 Å². The molecule has 0 fully saturated rings. The first kappa shape index (κ1) is 21.9. The topological polar surface area (TPSA) is 102 Å². The molecule has 9 nitrogen and oxygen atoms in total. The summed E-state index contributed by atoms with van der Waals surface area (Å²) in [6.07, 6.45) is 0.829. The fraction of sp³-hybridized carbons (Fsp3) is 0.250. The van der Waals surface area contributed by atoms with Crippen LogP contribution in [0.15, 0.2) is 42.5 Å². The standard InChI is InChI=1S/C24H24N6O3S/c1-14-17(15(2)30-23(26-14)18-5-3-4-6-19(18)29-30)8-10-22(31)27-28-24(34)25-12-16-7-9-20-21(11-16)33-13-32-20/h3-7,9,11H,8,10,12-13H2,1-2H3,(H,27,31)(H2,25,28,34). The van der Waals surface area contributed by atoms with Crippen molar-refractivity contribution < 1.29 is 14.3 Å². The molecule has 0 aliphatic carbocycles. The lowest BCUT2D eigenvalue weighted by Crippen LogP contribution is -2.46. The summed E-state index contributed by atoms with van der Waals surface area (Å²) in [5.74, 6) is 1.28. The minimum absolute atomic E-state index is 0.170. The minimum Gasteiger partial charge on any atom is -0.454 e. The van der Waals surface area contributed by atoms with E-state index in [1.807, 2.05) is 60.8 Å². The average Bonchev–Trinajstić information content (AvgIpc) is 3.45. The Balaban J connectivity index is 1.15. The number of amides is 1. The van der Waals surface area contributed by atoms with Crippen molar-refractivity contribution in [3.05, 3.63) is 65.0 Å². The number of benzene rings is 2. The maximum Gasteiger partial charge on any atom is 0.238 e. The third-order valence-corrected chi connectivity index (χ3v) is 6.07. The van der Waals surface area contributed by atoms with E-state index >= 15 is 0 Å². The lowest BCUT2D eigenvalue weighted by atomic mass is 10.1. The van der Waals surface area contributed by atoms with Crippen LogP contribution in [0, 0.1) is 13.8 Å². The lowest BCUT2D eigenvalue weighted by Gasteiger charge is -2.13. The molecule has 3 heterocycles. The van der Waals surface area contributed by atoms with E-state index in [0.717, 1.165) is 44.8 Å². The molecule has 4 aromatic rings. The zero-order valence-corrected chi connectivity index (χ0v) is 19.7. The van der Waals surface area contributed by atoms with E-state index in [2.05, 4.69) is 21.3 Å². The molecule has 0 saturated carbocycles. The summed E-state index contributed by atoms with van der Waals surface area (Å²) in [4.78, 5) is 17.2. The molecule has 1 aliphatic rings. The van der Waals surface area contributed by atoms with Crippen molar-refractivity contribution in [1.29, 1.82) is 0 Å². The number of nitrogens with one attached hydrogen (secondary N) is 3. The summed E-state index contributed by atoms with van der Waals surface area (Å²) < 4.78 is 12.5. The van der Waals surface area contributed by atoms with Crippen LogP contribution in [0.1, 0.15) is 28.9 Å². The van der Waals surface area contributed by atoms with Crippen LogP contribution in [0.4, 0.5) is 0 Å². The van der Waals surface area contributed by atoms with Gasteiger partial charge in [0, 0.05) is 29.7 Å². The van der Waals surface area contributed by atoms with E-state index in [4.69, 9.17) is 26.7 Å². The molecule has 0 unspecified atom stereocenters. The second kappa shape index (κ2) is 9.14. The molecular weight excluding hydrogens is 452 g/mol. The molecule has 34 heavy (non-hydrogen) atoms. The summed E-state index contributed by atoms with van der Waals surface area (Å²) >= 11 is 5.26. The zero-order valence-electron chi connectivity index (χ0n) is 18.8. The van der Waals surface area contributed by atoms with Gasteiger partial charge in [0.1, 0.15) is 0 Å². The van der Waals surface area contributed by atoms with Crippen LogP contribution in [0.25, 0.3) is 16.6 Å². The Morgan fingerprint density at radius 3 is 2.82 bits per heavy atom. The molecule has 0 bridgehead atoms. The molecule has 1 aliphatic heterocycles. The van der Waals surface area contributed by atoms with Crippen molar-refractivity contribution in [3.63, 3.8) is 0 Å². The smallest absolute Gasteiger partial charge is 0.238 e. The number of aryl methyl sites for hydroxylation is 2. The number of hydrogen-bond acceptors (Lipinski definition) is 6. The van der Waals surface area contributed by atoms with Crippen molar-refractivity contribution in [2.45, 2.75) is 33.2 Å². The van der Waals surface area contributed by atoms with Gasteiger partial charge in [0.2, 0.25) is 12.7 Å². The van der Waals surface area contributed by atoms with E-state index < -0.39 is 0 Å². The van der Waals surface area contributed by atoms with Gasteiger partial charge in [-0.05, 0) is 67.9 Å². The highest BCUT2D eigenvalue weighted by Crippen LogP contribution is 2.32. The van der Waals surface area contributed by atoms with Crippen molar-refractivity contribution in [3.8, 4) is 11.5 Å². The highest BCUT2D eigenvalue weighted by atomic mass is 32.1.